The highest BCUT2D eigenvalue weighted by atomic mass is 32.2. The van der Waals surface area contributed by atoms with Gasteiger partial charge >= 0.3 is 11.9 Å². The molecule has 3 aliphatic rings. The van der Waals surface area contributed by atoms with Crippen LogP contribution in [0.4, 0.5) is 0 Å². The lowest BCUT2D eigenvalue weighted by Gasteiger charge is -2.46. The Bertz CT molecular complexity index is 628. The fraction of sp³-hybridized carbons (Fsp3) is 0.688. The van der Waals surface area contributed by atoms with Crippen molar-refractivity contribution in [3.63, 3.8) is 0 Å². The molecule has 8 nitrogen and oxygen atoms in total. The minimum absolute atomic E-state index is 0.137. The Morgan fingerprint density at radius 1 is 1.48 bits per heavy atom. The number of fused-ring (bicyclic) bond motifs is 1. The topological polar surface area (TPSA) is 116 Å². The first kappa shape index (κ1) is 18.2. The van der Waals surface area contributed by atoms with Crippen molar-refractivity contribution < 1.29 is 29.3 Å². The number of esters is 1. The van der Waals surface area contributed by atoms with Gasteiger partial charge in [-0.05, 0) is 26.8 Å². The summed E-state index contributed by atoms with van der Waals surface area (Å²) < 4.78 is 5.15. The lowest BCUT2D eigenvalue weighted by atomic mass is 9.78. The highest BCUT2D eigenvalue weighted by Crippen LogP contribution is 2.52. The second-order valence-corrected chi connectivity index (χ2v) is 7.79. The smallest absolute Gasteiger partial charge is 0.353 e. The van der Waals surface area contributed by atoms with E-state index in [2.05, 4.69) is 5.32 Å². The summed E-state index contributed by atoms with van der Waals surface area (Å²) in [4.78, 5) is 38.3. The number of hydrogen-bond acceptors (Lipinski definition) is 7. The van der Waals surface area contributed by atoms with E-state index in [0.717, 1.165) is 24.4 Å². The fourth-order valence-electron chi connectivity index (χ4n) is 3.78. The third kappa shape index (κ3) is 2.94. The largest absolute Gasteiger partial charge is 0.477 e. The summed E-state index contributed by atoms with van der Waals surface area (Å²) >= 11 is 1.34. The van der Waals surface area contributed by atoms with Gasteiger partial charge in [-0.3, -0.25) is 14.5 Å². The first-order chi connectivity index (χ1) is 11.9. The summed E-state index contributed by atoms with van der Waals surface area (Å²) in [5.74, 6) is -3.87. The van der Waals surface area contributed by atoms with E-state index in [1.165, 1.54) is 18.7 Å². The van der Waals surface area contributed by atoms with Crippen LogP contribution in [-0.4, -0.2) is 70.1 Å². The number of carboxylic acid groups (broad SMARTS) is 1. The Labute approximate surface area is 149 Å². The van der Waals surface area contributed by atoms with Gasteiger partial charge < -0.3 is 20.3 Å². The zero-order valence-electron chi connectivity index (χ0n) is 14.1. The standard InChI is InChI=1S/C16H22N2O6S/c1-3-24-16(23)10-11-9(7(2)19)14(20)18(11)12(15(21)22)13(10)25-8-4-5-17-6-8/h7-11,17,19H,3-6H2,1-2H3,(H,21,22)/t7?,8?,9?,10?,11-/m0/s1. The molecular formula is C16H22N2O6S. The molecule has 2 fully saturated rings. The zero-order chi connectivity index (χ0) is 18.3. The first-order valence-corrected chi connectivity index (χ1v) is 9.29. The first-order valence-electron chi connectivity index (χ1n) is 8.41. The third-order valence-electron chi connectivity index (χ3n) is 4.86. The highest BCUT2D eigenvalue weighted by Gasteiger charge is 2.63. The van der Waals surface area contributed by atoms with Gasteiger partial charge in [-0.15, -0.1) is 11.8 Å². The van der Waals surface area contributed by atoms with E-state index in [1.807, 2.05) is 0 Å². The lowest BCUT2D eigenvalue weighted by molar-refractivity contribution is -0.168. The van der Waals surface area contributed by atoms with E-state index in [9.17, 15) is 24.6 Å². The molecule has 3 aliphatic heterocycles. The summed E-state index contributed by atoms with van der Waals surface area (Å²) in [5.41, 5.74) is -0.137. The molecule has 5 atom stereocenters. The van der Waals surface area contributed by atoms with Gasteiger partial charge in [0.1, 0.15) is 11.6 Å². The number of amides is 1. The number of carbonyl (C=O) groups excluding carboxylic acids is 2. The van der Waals surface area contributed by atoms with E-state index in [0.29, 0.717) is 4.91 Å². The Morgan fingerprint density at radius 2 is 2.20 bits per heavy atom. The van der Waals surface area contributed by atoms with Crippen LogP contribution < -0.4 is 5.32 Å². The van der Waals surface area contributed by atoms with Crippen LogP contribution in [0.2, 0.25) is 0 Å². The molecule has 138 valence electrons. The van der Waals surface area contributed by atoms with Crippen molar-refractivity contribution in [2.24, 2.45) is 11.8 Å². The molecule has 0 aliphatic carbocycles. The SMILES string of the molecule is CCOC(=O)C1C(SC2CCNC2)=C(C(=O)O)N2C(=O)C(C(C)O)[C@@H]12. The molecule has 0 aromatic heterocycles. The number of aliphatic hydroxyl groups is 1. The molecule has 0 aromatic rings. The van der Waals surface area contributed by atoms with Gasteiger partial charge in [-0.2, -0.15) is 0 Å². The minimum Gasteiger partial charge on any atom is -0.477 e. The second-order valence-electron chi connectivity index (χ2n) is 6.45. The third-order valence-corrected chi connectivity index (χ3v) is 6.30. The number of rotatable bonds is 6. The molecule has 0 radical (unpaired) electrons. The molecule has 1 amide bonds. The number of thioether (sulfide) groups is 1. The summed E-state index contributed by atoms with van der Waals surface area (Å²) in [6.07, 6.45) is -0.104. The van der Waals surface area contributed by atoms with E-state index in [4.69, 9.17) is 4.74 Å². The molecule has 0 saturated carbocycles. The van der Waals surface area contributed by atoms with Gasteiger partial charge in [0.25, 0.3) is 0 Å². The van der Waals surface area contributed by atoms with Crippen molar-refractivity contribution in [1.82, 2.24) is 10.2 Å². The molecule has 0 aromatic carbocycles. The number of ether oxygens (including phenoxy) is 1. The van der Waals surface area contributed by atoms with Crippen molar-refractivity contribution in [2.45, 2.75) is 37.7 Å². The van der Waals surface area contributed by atoms with Gasteiger partial charge in [0.2, 0.25) is 5.91 Å². The number of hydrogen-bond donors (Lipinski definition) is 3. The Morgan fingerprint density at radius 3 is 2.72 bits per heavy atom. The van der Waals surface area contributed by atoms with Crippen molar-refractivity contribution in [3.8, 4) is 0 Å². The van der Waals surface area contributed by atoms with Gasteiger partial charge in [-0.1, -0.05) is 0 Å². The van der Waals surface area contributed by atoms with Gasteiger partial charge in [0, 0.05) is 16.7 Å². The zero-order valence-corrected chi connectivity index (χ0v) is 14.9. The van der Waals surface area contributed by atoms with Crippen LogP contribution in [0.3, 0.4) is 0 Å². The molecule has 0 spiro atoms. The van der Waals surface area contributed by atoms with Crippen molar-refractivity contribution in [1.29, 1.82) is 0 Å². The Kier molecular flexibility index (Phi) is 5.08. The molecule has 3 rings (SSSR count). The van der Waals surface area contributed by atoms with E-state index in [-0.39, 0.29) is 17.6 Å². The summed E-state index contributed by atoms with van der Waals surface area (Å²) in [5, 5.41) is 22.9. The van der Waals surface area contributed by atoms with Crippen LogP contribution in [-0.2, 0) is 19.1 Å². The molecule has 2 saturated heterocycles. The second kappa shape index (κ2) is 6.97. The predicted octanol–water partition coefficient (Wildman–Crippen LogP) is -0.222. The molecule has 3 heterocycles. The maximum absolute atomic E-state index is 12.6. The van der Waals surface area contributed by atoms with Crippen LogP contribution >= 0.6 is 11.8 Å². The molecule has 9 heteroatoms. The number of nitrogens with zero attached hydrogens (tertiary/aromatic N) is 1. The highest BCUT2D eigenvalue weighted by molar-refractivity contribution is 8.03. The average Bonchev–Trinajstić information content (AvgIpc) is 3.12. The van der Waals surface area contributed by atoms with Gasteiger partial charge in [0.15, 0.2) is 0 Å². The van der Waals surface area contributed by atoms with Crippen LogP contribution in [0.1, 0.15) is 20.3 Å². The number of aliphatic hydroxyl groups excluding tert-OH is 1. The fourth-order valence-corrected chi connectivity index (χ4v) is 5.26. The molecule has 4 unspecified atom stereocenters. The van der Waals surface area contributed by atoms with Gasteiger partial charge in [-0.25, -0.2) is 4.79 Å². The number of β-lactam (4-membered cyclic amide) rings is 1. The molecule has 3 N–H and O–H groups in total. The number of nitrogens with one attached hydrogen (secondary N) is 1. The minimum atomic E-state index is -1.23. The maximum atomic E-state index is 12.6. The van der Waals surface area contributed by atoms with Crippen LogP contribution in [0.25, 0.3) is 0 Å². The summed E-state index contributed by atoms with van der Waals surface area (Å²) in [7, 11) is 0. The Hall–Kier alpha value is -1.58. The Balaban J connectivity index is 2.00. The summed E-state index contributed by atoms with van der Waals surface area (Å²) in [6, 6.07) is -0.686. The monoisotopic (exact) mass is 370 g/mol. The number of carbonyl (C=O) groups is 3. The van der Waals surface area contributed by atoms with Crippen molar-refractivity contribution in [3.05, 3.63) is 10.6 Å². The normalized spacial score (nSPS) is 32.4. The quantitative estimate of drug-likeness (QED) is 0.434. The molecule has 0 bridgehead atoms. The molecule has 25 heavy (non-hydrogen) atoms. The summed E-state index contributed by atoms with van der Waals surface area (Å²) in [6.45, 7) is 4.88. The average molecular weight is 370 g/mol. The van der Waals surface area contributed by atoms with Crippen LogP contribution in [0.15, 0.2) is 10.6 Å². The van der Waals surface area contributed by atoms with E-state index >= 15 is 0 Å². The predicted molar refractivity (Wildman–Crippen MR) is 89.5 cm³/mol. The number of carboxylic acids is 1. The maximum Gasteiger partial charge on any atom is 0.353 e. The van der Waals surface area contributed by atoms with Crippen molar-refractivity contribution >= 4 is 29.6 Å². The van der Waals surface area contributed by atoms with Gasteiger partial charge in [0.05, 0.1) is 24.7 Å². The lowest BCUT2D eigenvalue weighted by Crippen LogP contribution is -2.64. The van der Waals surface area contributed by atoms with Crippen molar-refractivity contribution in [2.75, 3.05) is 19.7 Å². The van der Waals surface area contributed by atoms with Crippen LogP contribution in [0, 0.1) is 11.8 Å². The van der Waals surface area contributed by atoms with Crippen LogP contribution in [0.5, 0.6) is 0 Å². The van der Waals surface area contributed by atoms with E-state index in [1.54, 1.807) is 6.92 Å². The molecular weight excluding hydrogens is 348 g/mol. The number of aliphatic carboxylic acids is 1. The van der Waals surface area contributed by atoms with E-state index < -0.39 is 41.8 Å².